The number of rotatable bonds is 11. The Morgan fingerprint density at radius 2 is 0.650 bits per heavy atom. The molecule has 4 nitrogen and oxygen atoms in total. The van der Waals surface area contributed by atoms with E-state index >= 15 is 0 Å². The van der Waals surface area contributed by atoms with Gasteiger partial charge in [0.05, 0.1) is 24.5 Å². The Bertz CT molecular complexity index is 2400. The predicted octanol–water partition coefficient (Wildman–Crippen LogP) is 9.67. The Morgan fingerprint density at radius 3 is 0.967 bits per heavy atom. The third-order valence-corrected chi connectivity index (χ3v) is 16.3. The van der Waals surface area contributed by atoms with Gasteiger partial charge in [0.25, 0.3) is 0 Å². The molecule has 0 bridgehead atoms. The normalized spacial score (nSPS) is 13.4. The monoisotopic (exact) mass is 816 g/mol. The van der Waals surface area contributed by atoms with Crippen molar-refractivity contribution in [1.82, 2.24) is 0 Å². The summed E-state index contributed by atoms with van der Waals surface area (Å²) in [4.78, 5) is 5.01. The number of nitrogens with zero attached hydrogens (tertiary/aromatic N) is 2. The van der Waals surface area contributed by atoms with Gasteiger partial charge < -0.3 is 19.3 Å². The molecular weight excluding hydrogens is 771 g/mol. The van der Waals surface area contributed by atoms with Crippen LogP contribution in [0.1, 0.15) is 11.1 Å². The summed E-state index contributed by atoms with van der Waals surface area (Å²) in [6.07, 6.45) is 0. The Hall–Kier alpha value is -6.18. The maximum absolute atomic E-state index is 7.11. The summed E-state index contributed by atoms with van der Waals surface area (Å²) >= 11 is 0. The van der Waals surface area contributed by atoms with E-state index in [4.69, 9.17) is 9.47 Å². The molecule has 6 heteroatoms. The molecule has 0 N–H and O–H groups in total. The fraction of sp³-hybridized carbons (Fsp3) is 0.111. The number of anilines is 2. The van der Waals surface area contributed by atoms with Crippen molar-refractivity contribution in [2.45, 2.75) is 13.1 Å². The van der Waals surface area contributed by atoms with Crippen LogP contribution in [-0.2, 0) is 13.1 Å². The Morgan fingerprint density at radius 1 is 0.350 bits per heavy atom. The van der Waals surface area contributed by atoms with Gasteiger partial charge in [0.1, 0.15) is 13.2 Å². The van der Waals surface area contributed by atoms with Crippen molar-refractivity contribution in [2.24, 2.45) is 0 Å². The van der Waals surface area contributed by atoms with Gasteiger partial charge in [0, 0.05) is 24.2 Å². The van der Waals surface area contributed by atoms with Crippen LogP contribution >= 0.6 is 15.8 Å². The lowest BCUT2D eigenvalue weighted by Crippen LogP contribution is -2.36. The molecule has 0 atom stereocenters. The first-order valence-corrected chi connectivity index (χ1v) is 23.5. The third kappa shape index (κ3) is 7.70. The number of hydrogen-bond donors (Lipinski definition) is 0. The first kappa shape index (κ1) is 38.0. The minimum absolute atomic E-state index is 0.586. The van der Waals surface area contributed by atoms with Crippen molar-refractivity contribution in [3.05, 3.63) is 217 Å². The average molecular weight is 817 g/mol. The third-order valence-electron chi connectivity index (χ3n) is 11.3. The molecule has 0 saturated heterocycles. The predicted molar refractivity (Wildman–Crippen MR) is 255 cm³/mol. The molecule has 0 aromatic heterocycles. The lowest BCUT2D eigenvalue weighted by atomic mass is 9.98. The highest BCUT2D eigenvalue weighted by Gasteiger charge is 2.36. The lowest BCUT2D eigenvalue weighted by Gasteiger charge is -2.38. The van der Waals surface area contributed by atoms with Crippen molar-refractivity contribution < 1.29 is 9.47 Å². The van der Waals surface area contributed by atoms with E-state index in [1.807, 2.05) is 0 Å². The molecular formula is C54H46N2O2P2. The van der Waals surface area contributed by atoms with Crippen LogP contribution < -0.4 is 51.1 Å². The summed E-state index contributed by atoms with van der Waals surface area (Å²) in [6, 6.07) is 75.3. The van der Waals surface area contributed by atoms with Crippen LogP contribution in [0, 0.1) is 0 Å². The first-order chi connectivity index (χ1) is 29.8. The van der Waals surface area contributed by atoms with E-state index in [1.165, 1.54) is 43.0 Å². The summed E-state index contributed by atoms with van der Waals surface area (Å²) in [5.74, 6) is 1.87. The number of benzene rings is 8. The van der Waals surface area contributed by atoms with E-state index in [2.05, 4.69) is 216 Å². The van der Waals surface area contributed by atoms with Gasteiger partial charge in [-0.2, -0.15) is 0 Å². The van der Waals surface area contributed by atoms with Gasteiger partial charge in [0.2, 0.25) is 0 Å². The van der Waals surface area contributed by atoms with E-state index in [1.54, 1.807) is 0 Å². The van der Waals surface area contributed by atoms with Crippen molar-refractivity contribution in [2.75, 3.05) is 36.1 Å². The molecule has 2 aliphatic heterocycles. The largest absolute Gasteiger partial charge is 0.489 e. The minimum atomic E-state index is -1.03. The quantitative estimate of drug-likeness (QED) is 0.122. The average Bonchev–Trinajstić information content (AvgIpc) is 3.31. The topological polar surface area (TPSA) is 24.9 Å². The summed E-state index contributed by atoms with van der Waals surface area (Å²) in [5, 5.41) is 7.70. The SMILES string of the molecule is c1ccc(CN2CCOc3c2ccc(P(c2ccccc2)c2ccccc2)c3-c2c(P(c3ccccc3)c3ccccc3)ccc3c2OCCN3Cc2ccccc2)cc1. The van der Waals surface area contributed by atoms with Crippen LogP contribution in [0.25, 0.3) is 11.1 Å². The number of hydrogen-bond acceptors (Lipinski definition) is 4. The molecule has 2 heterocycles. The highest BCUT2D eigenvalue weighted by molar-refractivity contribution is 7.80. The van der Waals surface area contributed by atoms with Gasteiger partial charge in [-0.05, 0) is 70.9 Å². The van der Waals surface area contributed by atoms with Crippen LogP contribution in [0.3, 0.4) is 0 Å². The highest BCUT2D eigenvalue weighted by Crippen LogP contribution is 2.53. The van der Waals surface area contributed by atoms with E-state index < -0.39 is 15.8 Å². The van der Waals surface area contributed by atoms with Crippen LogP contribution in [0.5, 0.6) is 11.5 Å². The smallest absolute Gasteiger partial charge is 0.151 e. The van der Waals surface area contributed by atoms with Crippen LogP contribution in [0.15, 0.2) is 206 Å². The second-order valence-corrected chi connectivity index (χ2v) is 19.5. The second kappa shape index (κ2) is 17.6. The molecule has 294 valence electrons. The molecule has 8 aromatic carbocycles. The van der Waals surface area contributed by atoms with E-state index in [0.717, 1.165) is 60.2 Å². The molecule has 0 unspecified atom stereocenters. The van der Waals surface area contributed by atoms with Crippen molar-refractivity contribution in [1.29, 1.82) is 0 Å². The molecule has 0 radical (unpaired) electrons. The fourth-order valence-corrected chi connectivity index (χ4v) is 13.5. The summed E-state index contributed by atoms with van der Waals surface area (Å²) in [5.41, 5.74) is 7.06. The first-order valence-electron chi connectivity index (χ1n) is 20.8. The zero-order valence-electron chi connectivity index (χ0n) is 33.5. The zero-order valence-corrected chi connectivity index (χ0v) is 35.3. The van der Waals surface area contributed by atoms with Gasteiger partial charge in [-0.3, -0.25) is 0 Å². The molecule has 10 rings (SSSR count). The van der Waals surface area contributed by atoms with E-state index in [9.17, 15) is 0 Å². The van der Waals surface area contributed by atoms with Crippen LogP contribution in [-0.4, -0.2) is 26.3 Å². The molecule has 2 aliphatic rings. The van der Waals surface area contributed by atoms with Gasteiger partial charge in [0.15, 0.2) is 11.5 Å². The molecule has 0 saturated carbocycles. The fourth-order valence-electron chi connectivity index (χ4n) is 8.62. The van der Waals surface area contributed by atoms with Gasteiger partial charge >= 0.3 is 0 Å². The van der Waals surface area contributed by atoms with Crippen molar-refractivity contribution in [3.8, 4) is 22.6 Å². The maximum atomic E-state index is 7.11. The molecule has 0 fully saturated rings. The van der Waals surface area contributed by atoms with Crippen LogP contribution in [0.2, 0.25) is 0 Å². The lowest BCUT2D eigenvalue weighted by molar-refractivity contribution is 0.304. The van der Waals surface area contributed by atoms with Gasteiger partial charge in [-0.25, -0.2) is 0 Å². The maximum Gasteiger partial charge on any atom is 0.151 e. The molecule has 60 heavy (non-hydrogen) atoms. The Balaban J connectivity index is 1.29. The van der Waals surface area contributed by atoms with Crippen molar-refractivity contribution in [3.63, 3.8) is 0 Å². The standard InChI is InChI=1S/C54H46N2O2P2/c1-7-19-41(20-8-1)39-55-35-37-57-53-47(55)31-33-49(59(43-23-11-3-12-24-43)44-25-13-4-14-26-44)51(53)52-50(60(45-27-15-5-16-28-45)46-29-17-6-18-30-46)34-32-48-54(52)58-38-36-56(48)40-42-21-9-2-10-22-42/h1-34H,35-40H2. The second-order valence-electron chi connectivity index (χ2n) is 15.1. The molecule has 0 aliphatic carbocycles. The van der Waals surface area contributed by atoms with Gasteiger partial charge in [-0.15, -0.1) is 0 Å². The summed E-state index contributed by atoms with van der Waals surface area (Å²) in [7, 11) is -2.07. The van der Waals surface area contributed by atoms with E-state index in [-0.39, 0.29) is 0 Å². The summed E-state index contributed by atoms with van der Waals surface area (Å²) < 4.78 is 14.2. The highest BCUT2D eigenvalue weighted by atomic mass is 31.1. The zero-order chi connectivity index (χ0) is 40.1. The molecule has 0 spiro atoms. The summed E-state index contributed by atoms with van der Waals surface area (Å²) in [6.45, 7) is 4.36. The molecule has 8 aromatic rings. The number of ether oxygens (including phenoxy) is 2. The molecule has 0 amide bonds. The van der Waals surface area contributed by atoms with Crippen LogP contribution in [0.4, 0.5) is 11.4 Å². The van der Waals surface area contributed by atoms with Gasteiger partial charge in [-0.1, -0.05) is 194 Å². The number of fused-ring (bicyclic) bond motifs is 2. The van der Waals surface area contributed by atoms with Crippen molar-refractivity contribution >= 4 is 59.0 Å². The Labute approximate surface area is 356 Å². The van der Waals surface area contributed by atoms with E-state index in [0.29, 0.717) is 13.2 Å². The Kier molecular flexibility index (Phi) is 11.1. The minimum Gasteiger partial charge on any atom is -0.489 e.